The molecule has 0 amide bonds. The van der Waals surface area contributed by atoms with Gasteiger partial charge in [-0.15, -0.1) is 0 Å². The average molecular weight is 224 g/mol. The minimum atomic E-state index is 0.143. The number of aliphatic hydroxyl groups excluding tert-OH is 1. The van der Waals surface area contributed by atoms with Crippen molar-refractivity contribution in [2.24, 2.45) is 5.92 Å². The fourth-order valence-electron chi connectivity index (χ4n) is 2.28. The Balaban J connectivity index is 2.41. The third-order valence-electron chi connectivity index (χ3n) is 3.13. The van der Waals surface area contributed by atoms with Crippen LogP contribution >= 0.6 is 0 Å². The number of ether oxygens (including phenoxy) is 2. The Labute approximate surface area is 95.2 Å². The van der Waals surface area contributed by atoms with Crippen LogP contribution in [0.25, 0.3) is 0 Å². The first-order valence-corrected chi connectivity index (χ1v) is 5.51. The highest BCUT2D eigenvalue weighted by Crippen LogP contribution is 2.39. The van der Waals surface area contributed by atoms with E-state index in [1.54, 1.807) is 7.11 Å². The smallest absolute Gasteiger partial charge is 0.170 e. The predicted octanol–water partition coefficient (Wildman–Crippen LogP) is -0.0696. The van der Waals surface area contributed by atoms with Gasteiger partial charge in [-0.1, -0.05) is 6.07 Å². The van der Waals surface area contributed by atoms with Gasteiger partial charge in [-0.05, 0) is 12.1 Å². The molecule has 0 bridgehead atoms. The van der Waals surface area contributed by atoms with Crippen molar-refractivity contribution in [1.29, 1.82) is 0 Å². The molecule has 0 saturated heterocycles. The van der Waals surface area contributed by atoms with Crippen molar-refractivity contribution in [2.75, 3.05) is 27.4 Å². The number of fused-ring (bicyclic) bond motifs is 1. The third kappa shape index (κ3) is 1.74. The minimum Gasteiger partial charge on any atom is -0.493 e. The van der Waals surface area contributed by atoms with E-state index in [1.165, 1.54) is 0 Å². The molecule has 1 aliphatic heterocycles. The lowest BCUT2D eigenvalue weighted by molar-refractivity contribution is -0.679. The lowest BCUT2D eigenvalue weighted by Crippen LogP contribution is -2.83. The molecule has 88 valence electrons. The Morgan fingerprint density at radius 1 is 1.56 bits per heavy atom. The number of nitrogens with two attached hydrogens (primary N) is 1. The molecule has 0 aromatic heterocycles. The molecule has 0 fully saturated rings. The predicted molar refractivity (Wildman–Crippen MR) is 59.7 cm³/mol. The zero-order valence-electron chi connectivity index (χ0n) is 9.64. The van der Waals surface area contributed by atoms with E-state index in [-0.39, 0.29) is 18.6 Å². The van der Waals surface area contributed by atoms with Gasteiger partial charge in [0, 0.05) is 0 Å². The van der Waals surface area contributed by atoms with E-state index >= 15 is 0 Å². The standard InChI is InChI=1S/C12H17NO3/c1-13-11-8(6-14)7-16-12-9(11)4-3-5-10(12)15-2/h3-5,8,11,13-14H,6-7H2,1-2H3/p+1/t8-,11-/m1/s1. The van der Waals surface area contributed by atoms with Gasteiger partial charge in [0.2, 0.25) is 0 Å². The summed E-state index contributed by atoms with van der Waals surface area (Å²) in [5.41, 5.74) is 1.10. The second kappa shape index (κ2) is 4.72. The van der Waals surface area contributed by atoms with Crippen LogP contribution in [0.4, 0.5) is 0 Å². The lowest BCUT2D eigenvalue weighted by atomic mass is 9.91. The van der Waals surface area contributed by atoms with Crippen LogP contribution in [0.5, 0.6) is 11.5 Å². The second-order valence-electron chi connectivity index (χ2n) is 3.99. The van der Waals surface area contributed by atoms with Crippen molar-refractivity contribution >= 4 is 0 Å². The summed E-state index contributed by atoms with van der Waals surface area (Å²) in [6.45, 7) is 0.685. The summed E-state index contributed by atoms with van der Waals surface area (Å²) in [6.07, 6.45) is 0. The molecule has 0 saturated carbocycles. The van der Waals surface area contributed by atoms with Gasteiger partial charge in [-0.3, -0.25) is 0 Å². The van der Waals surface area contributed by atoms with Crippen molar-refractivity contribution in [2.45, 2.75) is 6.04 Å². The molecule has 3 N–H and O–H groups in total. The number of aliphatic hydroxyl groups is 1. The van der Waals surface area contributed by atoms with Crippen molar-refractivity contribution in [3.8, 4) is 11.5 Å². The number of para-hydroxylation sites is 1. The zero-order chi connectivity index (χ0) is 11.5. The van der Waals surface area contributed by atoms with E-state index in [9.17, 15) is 5.11 Å². The minimum absolute atomic E-state index is 0.143. The van der Waals surface area contributed by atoms with E-state index in [0.717, 1.165) is 17.1 Å². The molecule has 16 heavy (non-hydrogen) atoms. The number of benzene rings is 1. The quantitative estimate of drug-likeness (QED) is 0.755. The topological polar surface area (TPSA) is 55.3 Å². The van der Waals surface area contributed by atoms with Gasteiger partial charge in [0.25, 0.3) is 0 Å². The van der Waals surface area contributed by atoms with Crippen LogP contribution in [0, 0.1) is 5.92 Å². The maximum atomic E-state index is 9.31. The first kappa shape index (κ1) is 11.2. The first-order chi connectivity index (χ1) is 7.81. The van der Waals surface area contributed by atoms with Crippen molar-refractivity contribution < 1.29 is 19.9 Å². The molecule has 1 aromatic carbocycles. The Bertz CT molecular complexity index is 367. The lowest BCUT2D eigenvalue weighted by Gasteiger charge is -2.30. The number of hydrogen-bond donors (Lipinski definition) is 2. The fraction of sp³-hybridized carbons (Fsp3) is 0.500. The highest BCUT2D eigenvalue weighted by molar-refractivity contribution is 5.48. The average Bonchev–Trinajstić information content (AvgIpc) is 2.36. The molecular weight excluding hydrogens is 206 g/mol. The first-order valence-electron chi connectivity index (χ1n) is 5.51. The van der Waals surface area contributed by atoms with E-state index in [4.69, 9.17) is 9.47 Å². The maximum absolute atomic E-state index is 9.31. The summed E-state index contributed by atoms with van der Waals surface area (Å²) >= 11 is 0. The van der Waals surface area contributed by atoms with Gasteiger partial charge >= 0.3 is 0 Å². The summed E-state index contributed by atoms with van der Waals surface area (Å²) in [7, 11) is 3.66. The number of rotatable bonds is 3. The van der Waals surface area contributed by atoms with Crippen LogP contribution in [-0.4, -0.2) is 32.5 Å². The van der Waals surface area contributed by atoms with Crippen LogP contribution in [0.1, 0.15) is 11.6 Å². The summed E-state index contributed by atoms with van der Waals surface area (Å²) < 4.78 is 10.9. The molecular formula is C12H18NO3+. The molecule has 0 unspecified atom stereocenters. The van der Waals surface area contributed by atoms with E-state index in [2.05, 4.69) is 5.32 Å². The van der Waals surface area contributed by atoms with Gasteiger partial charge in [0.1, 0.15) is 6.04 Å². The van der Waals surface area contributed by atoms with Gasteiger partial charge < -0.3 is 19.9 Å². The molecule has 2 atom stereocenters. The molecule has 2 rings (SSSR count). The molecule has 0 radical (unpaired) electrons. The zero-order valence-corrected chi connectivity index (χ0v) is 9.64. The van der Waals surface area contributed by atoms with Crippen molar-refractivity contribution in [3.63, 3.8) is 0 Å². The van der Waals surface area contributed by atoms with Crippen LogP contribution in [-0.2, 0) is 0 Å². The number of hydrogen-bond acceptors (Lipinski definition) is 3. The molecule has 4 nitrogen and oxygen atoms in total. The molecule has 1 heterocycles. The Hall–Kier alpha value is -1.26. The molecule has 0 aliphatic carbocycles. The van der Waals surface area contributed by atoms with E-state index in [0.29, 0.717) is 6.61 Å². The maximum Gasteiger partial charge on any atom is 0.170 e. The van der Waals surface area contributed by atoms with Crippen LogP contribution in [0.15, 0.2) is 18.2 Å². The molecule has 0 spiro atoms. The largest absolute Gasteiger partial charge is 0.493 e. The molecule has 4 heteroatoms. The van der Waals surface area contributed by atoms with Crippen molar-refractivity contribution in [3.05, 3.63) is 23.8 Å². The van der Waals surface area contributed by atoms with Crippen LogP contribution in [0.3, 0.4) is 0 Å². The van der Waals surface area contributed by atoms with E-state index in [1.807, 2.05) is 25.2 Å². The summed E-state index contributed by atoms with van der Waals surface area (Å²) in [5, 5.41) is 11.4. The van der Waals surface area contributed by atoms with Crippen LogP contribution < -0.4 is 14.8 Å². The third-order valence-corrected chi connectivity index (χ3v) is 3.13. The van der Waals surface area contributed by atoms with Gasteiger partial charge in [0.15, 0.2) is 11.5 Å². The summed E-state index contributed by atoms with van der Waals surface area (Å²) in [6, 6.07) is 6.12. The van der Waals surface area contributed by atoms with E-state index < -0.39 is 0 Å². The van der Waals surface area contributed by atoms with Crippen molar-refractivity contribution in [1.82, 2.24) is 0 Å². The fourth-order valence-corrected chi connectivity index (χ4v) is 2.28. The molecule has 1 aromatic rings. The molecule has 1 aliphatic rings. The number of methoxy groups -OCH3 is 1. The Morgan fingerprint density at radius 2 is 2.38 bits per heavy atom. The van der Waals surface area contributed by atoms with Gasteiger partial charge in [0.05, 0.1) is 38.9 Å². The SMILES string of the molecule is C[NH2+][C@H]1c2cccc(OC)c2OC[C@H]1CO. The summed E-state index contributed by atoms with van der Waals surface area (Å²) in [5.74, 6) is 1.73. The summed E-state index contributed by atoms with van der Waals surface area (Å²) in [4.78, 5) is 0. The van der Waals surface area contributed by atoms with Gasteiger partial charge in [-0.25, -0.2) is 0 Å². The highest BCUT2D eigenvalue weighted by atomic mass is 16.5. The number of quaternary nitrogens is 1. The van der Waals surface area contributed by atoms with Crippen LogP contribution in [0.2, 0.25) is 0 Å². The van der Waals surface area contributed by atoms with Gasteiger partial charge in [-0.2, -0.15) is 0 Å². The second-order valence-corrected chi connectivity index (χ2v) is 3.99. The Morgan fingerprint density at radius 3 is 3.00 bits per heavy atom. The highest BCUT2D eigenvalue weighted by Gasteiger charge is 2.33. The normalized spacial score (nSPS) is 23.4. The Kier molecular flexibility index (Phi) is 3.31. The monoisotopic (exact) mass is 224 g/mol.